The Morgan fingerprint density at radius 2 is 1.25 bits per heavy atom. The van der Waals surface area contributed by atoms with E-state index in [-0.39, 0.29) is 77.7 Å². The van der Waals surface area contributed by atoms with Gasteiger partial charge in [-0.3, -0.25) is 4.57 Å². The van der Waals surface area contributed by atoms with Crippen molar-refractivity contribution >= 4 is 75.3 Å². The molecule has 6 heteroatoms. The van der Waals surface area contributed by atoms with Crippen LogP contribution in [0.2, 0.25) is 0 Å². The minimum atomic E-state index is -0.538. The van der Waals surface area contributed by atoms with Crippen molar-refractivity contribution in [2.45, 2.75) is 0 Å². The maximum Gasteiger partial charge on any atom is 0.238 e. The zero-order valence-electron chi connectivity index (χ0n) is 36.3. The summed E-state index contributed by atoms with van der Waals surface area (Å²) in [5.74, 6) is 0.299. The maximum absolute atomic E-state index is 9.59. The zero-order valence-corrected chi connectivity index (χ0v) is 27.2. The van der Waals surface area contributed by atoms with E-state index in [0.29, 0.717) is 22.3 Å². The minimum absolute atomic E-state index is 0.00535. The van der Waals surface area contributed by atoms with Gasteiger partial charge in [-0.15, -0.1) is 11.3 Å². The van der Waals surface area contributed by atoms with E-state index in [1.807, 2.05) is 97.1 Å². The van der Waals surface area contributed by atoms with Crippen LogP contribution in [0.25, 0.3) is 104 Å². The van der Waals surface area contributed by atoms with Crippen LogP contribution in [-0.2, 0) is 0 Å². The van der Waals surface area contributed by atoms with E-state index in [1.54, 1.807) is 0 Å². The summed E-state index contributed by atoms with van der Waals surface area (Å²) in [5.41, 5.74) is 4.21. The normalized spacial score (nSPS) is 14.7. The molecule has 11 aromatic rings. The van der Waals surface area contributed by atoms with Gasteiger partial charge in [0.1, 0.15) is 11.2 Å². The average molecular weight is 681 g/mol. The Balaban J connectivity index is 1.29. The summed E-state index contributed by atoms with van der Waals surface area (Å²) in [7, 11) is 0. The lowest BCUT2D eigenvalue weighted by atomic mass is 10.0. The van der Waals surface area contributed by atoms with Crippen molar-refractivity contribution in [3.05, 3.63) is 157 Å². The molecule has 0 atom stereocenters. The molecule has 7 aromatic carbocycles. The van der Waals surface area contributed by atoms with Crippen LogP contribution in [0.15, 0.2) is 162 Å². The van der Waals surface area contributed by atoms with Gasteiger partial charge in [0.2, 0.25) is 5.95 Å². The molecule has 0 unspecified atom stereocenters. The minimum Gasteiger partial charge on any atom is -0.455 e. The van der Waals surface area contributed by atoms with Crippen LogP contribution >= 0.6 is 11.3 Å². The highest BCUT2D eigenvalue weighted by Crippen LogP contribution is 2.43. The van der Waals surface area contributed by atoms with Gasteiger partial charge in [-0.2, -0.15) is 9.97 Å². The molecule has 0 aliphatic carbocycles. The summed E-state index contributed by atoms with van der Waals surface area (Å²) in [5, 5.41) is 2.06. The van der Waals surface area contributed by atoms with E-state index >= 15 is 0 Å². The smallest absolute Gasteiger partial charge is 0.238 e. The van der Waals surface area contributed by atoms with Gasteiger partial charge in [0, 0.05) is 47.3 Å². The number of hydrogen-bond acceptors (Lipinski definition) is 5. The monoisotopic (exact) mass is 680 g/mol. The van der Waals surface area contributed by atoms with Crippen molar-refractivity contribution in [3.8, 4) is 39.9 Å². The van der Waals surface area contributed by atoms with Crippen LogP contribution < -0.4 is 0 Å². The van der Waals surface area contributed by atoms with Gasteiger partial charge in [-0.05, 0) is 41.4 Å². The van der Waals surface area contributed by atoms with Crippen LogP contribution in [0.1, 0.15) is 13.7 Å². The predicted molar refractivity (Wildman–Crippen MR) is 211 cm³/mol. The van der Waals surface area contributed by atoms with Crippen molar-refractivity contribution in [2.24, 2.45) is 0 Å². The molecule has 5 nitrogen and oxygen atoms in total. The van der Waals surface area contributed by atoms with Crippen LogP contribution in [0.3, 0.4) is 0 Å². The molecule has 11 rings (SSSR count). The molecule has 4 aromatic heterocycles. The summed E-state index contributed by atoms with van der Waals surface area (Å²) >= 11 is 0.983. The summed E-state index contributed by atoms with van der Waals surface area (Å²) in [6.45, 7) is 0. The number of nitrogens with zero attached hydrogens (tertiary/aromatic N) is 4. The quantitative estimate of drug-likeness (QED) is 0.186. The second-order valence-corrected chi connectivity index (χ2v) is 13.1. The standard InChI is InChI=1S/C45H26N4OS/c1-2-11-27(12-3-1)28-21-23-29(24-22-28)43-46-44(35-17-10-16-32-30-13-5-8-19-38(30)50-41(32)35)48-45(47-43)49-36-18-7-4-15-34(36)40-37(49)26-25-33-31-14-6-9-20-39(31)51-42(33)40/h1-26H/i4D,6D,7D,9D,14D,15D,18D,20D,25D,26D. The fraction of sp³-hybridized carbons (Fsp3) is 0. The molecule has 51 heavy (non-hydrogen) atoms. The number of aromatic nitrogens is 4. The SMILES string of the molecule is [2H]c1c([2H])c([2H])c2c(sc3c2c([2H])c([2H])c2c3c3c([2H])c([2H])c([2H])c([2H])c3n2-c2nc(-c3ccc(-c4ccccc4)cc3)nc(-c3cccc4c3oc3ccccc34)n2)c1[2H]. The number of hydrogen-bond donors (Lipinski definition) is 0. The van der Waals surface area contributed by atoms with E-state index in [2.05, 4.69) is 0 Å². The number of fused-ring (bicyclic) bond motifs is 10. The predicted octanol–water partition coefficient (Wildman–Crippen LogP) is 12.2. The molecule has 0 spiro atoms. The molecule has 0 aliphatic rings. The fourth-order valence-corrected chi connectivity index (χ4v) is 7.97. The lowest BCUT2D eigenvalue weighted by molar-refractivity contribution is 0.669. The van der Waals surface area contributed by atoms with Crippen molar-refractivity contribution in [3.63, 3.8) is 0 Å². The van der Waals surface area contributed by atoms with Gasteiger partial charge < -0.3 is 4.42 Å². The van der Waals surface area contributed by atoms with Crippen molar-refractivity contribution in [1.82, 2.24) is 19.5 Å². The maximum atomic E-state index is 9.59. The third kappa shape index (κ3) is 4.30. The Morgan fingerprint density at radius 1 is 0.529 bits per heavy atom. The summed E-state index contributed by atoms with van der Waals surface area (Å²) in [6, 6.07) is 26.5. The van der Waals surface area contributed by atoms with Gasteiger partial charge in [0.15, 0.2) is 11.6 Å². The van der Waals surface area contributed by atoms with Gasteiger partial charge in [0.25, 0.3) is 0 Å². The van der Waals surface area contributed by atoms with Crippen LogP contribution in [-0.4, -0.2) is 19.5 Å². The first-order chi connectivity index (χ1) is 29.4. The third-order valence-electron chi connectivity index (χ3n) is 9.19. The zero-order chi connectivity index (χ0) is 42.2. The summed E-state index contributed by atoms with van der Waals surface area (Å²) in [6.07, 6.45) is 0. The average Bonchev–Trinajstić information content (AvgIpc) is 3.99. The van der Waals surface area contributed by atoms with Gasteiger partial charge >= 0.3 is 0 Å². The molecule has 0 amide bonds. The molecular formula is C45H26N4OS. The Kier molecular flexibility index (Phi) is 4.32. The molecule has 0 saturated carbocycles. The van der Waals surface area contributed by atoms with E-state index < -0.39 is 42.3 Å². The molecule has 0 radical (unpaired) electrons. The van der Waals surface area contributed by atoms with E-state index in [1.165, 1.54) is 4.57 Å². The van der Waals surface area contributed by atoms with Gasteiger partial charge in [0.05, 0.1) is 30.3 Å². The first kappa shape index (κ1) is 20.1. The Bertz CT molecular complexity index is 3720. The number of thiophene rings is 1. The number of para-hydroxylation sites is 3. The van der Waals surface area contributed by atoms with Gasteiger partial charge in [-0.1, -0.05) is 127 Å². The van der Waals surface area contributed by atoms with E-state index in [0.717, 1.165) is 33.2 Å². The van der Waals surface area contributed by atoms with Gasteiger partial charge in [-0.25, -0.2) is 4.98 Å². The molecule has 0 aliphatic heterocycles. The highest BCUT2D eigenvalue weighted by atomic mass is 32.1. The second-order valence-electron chi connectivity index (χ2n) is 12.0. The number of benzene rings is 7. The third-order valence-corrected chi connectivity index (χ3v) is 10.3. The van der Waals surface area contributed by atoms with Crippen molar-refractivity contribution < 1.29 is 18.1 Å². The van der Waals surface area contributed by atoms with E-state index in [4.69, 9.17) is 27.6 Å². The Labute approximate surface area is 309 Å². The number of furan rings is 1. The largest absolute Gasteiger partial charge is 0.455 e. The van der Waals surface area contributed by atoms with Crippen LogP contribution in [0, 0.1) is 0 Å². The molecule has 0 saturated heterocycles. The molecule has 238 valence electrons. The van der Waals surface area contributed by atoms with Crippen molar-refractivity contribution in [2.75, 3.05) is 0 Å². The topological polar surface area (TPSA) is 56.7 Å². The second kappa shape index (κ2) is 10.9. The highest BCUT2D eigenvalue weighted by molar-refractivity contribution is 7.26. The first-order valence-electron chi connectivity index (χ1n) is 21.1. The number of rotatable bonds is 4. The first-order valence-corrected chi connectivity index (χ1v) is 16.9. The van der Waals surface area contributed by atoms with Crippen LogP contribution in [0.4, 0.5) is 0 Å². The Hall–Kier alpha value is -6.63. The molecule has 0 N–H and O–H groups in total. The van der Waals surface area contributed by atoms with E-state index in [9.17, 15) is 5.48 Å². The Morgan fingerprint density at radius 3 is 2.16 bits per heavy atom. The summed E-state index contributed by atoms with van der Waals surface area (Å²) in [4.78, 5) is 15.0. The lowest BCUT2D eigenvalue weighted by Crippen LogP contribution is -2.06. The van der Waals surface area contributed by atoms with Crippen molar-refractivity contribution in [1.29, 1.82) is 0 Å². The molecule has 4 heterocycles. The van der Waals surface area contributed by atoms with Crippen LogP contribution in [0.5, 0.6) is 0 Å². The molecule has 0 fully saturated rings. The molecular weight excluding hydrogens is 645 g/mol. The summed E-state index contributed by atoms with van der Waals surface area (Å²) < 4.78 is 97.7. The highest BCUT2D eigenvalue weighted by Gasteiger charge is 2.22. The lowest BCUT2D eigenvalue weighted by Gasteiger charge is -2.11. The fourth-order valence-electron chi connectivity index (χ4n) is 6.85. The molecule has 0 bridgehead atoms.